The van der Waals surface area contributed by atoms with E-state index >= 15 is 0 Å². The lowest BCUT2D eigenvalue weighted by Gasteiger charge is -2.14. The number of amides is 2. The molecule has 1 aliphatic rings. The number of hydrogen-bond donors (Lipinski definition) is 1. The molecular weight excluding hydrogens is 375 g/mol. The molecule has 0 saturated carbocycles. The van der Waals surface area contributed by atoms with Crippen molar-refractivity contribution in [3.63, 3.8) is 0 Å². The molecule has 0 fully saturated rings. The standard InChI is InChI=1S/C19H16Cl2N2O3/c1-26-10-9-23-18(24)16(14-8-7-12(20)11-15(14)21)17(19(23)25)22-13-5-3-2-4-6-13/h2-8,11,22H,9-10H2,1H3. The normalized spacial score (nSPS) is 14.3. The molecule has 1 aliphatic heterocycles. The second-order valence-electron chi connectivity index (χ2n) is 5.62. The van der Waals surface area contributed by atoms with E-state index in [0.717, 1.165) is 4.90 Å². The Labute approximate surface area is 161 Å². The Kier molecular flexibility index (Phi) is 5.61. The van der Waals surface area contributed by atoms with Crippen LogP contribution in [-0.4, -0.2) is 37.0 Å². The molecule has 0 radical (unpaired) electrons. The molecule has 5 nitrogen and oxygen atoms in total. The van der Waals surface area contributed by atoms with Crippen molar-refractivity contribution < 1.29 is 14.3 Å². The van der Waals surface area contributed by atoms with E-state index in [1.54, 1.807) is 18.2 Å². The summed E-state index contributed by atoms with van der Waals surface area (Å²) in [6, 6.07) is 14.0. The Balaban J connectivity index is 2.08. The first kappa shape index (κ1) is 18.5. The van der Waals surface area contributed by atoms with Crippen molar-refractivity contribution in [2.75, 3.05) is 25.6 Å². The Morgan fingerprint density at radius 3 is 2.42 bits per heavy atom. The van der Waals surface area contributed by atoms with Gasteiger partial charge in [-0.05, 0) is 24.3 Å². The van der Waals surface area contributed by atoms with Crippen LogP contribution in [0.25, 0.3) is 5.57 Å². The number of hydrogen-bond acceptors (Lipinski definition) is 4. The molecule has 1 N–H and O–H groups in total. The molecule has 7 heteroatoms. The number of benzene rings is 2. The average Bonchev–Trinajstić information content (AvgIpc) is 2.85. The van der Waals surface area contributed by atoms with Gasteiger partial charge in [0, 0.05) is 23.4 Å². The Bertz CT molecular complexity index is 882. The summed E-state index contributed by atoms with van der Waals surface area (Å²) in [6.45, 7) is 0.403. The van der Waals surface area contributed by atoms with E-state index in [2.05, 4.69) is 5.32 Å². The van der Waals surface area contributed by atoms with Gasteiger partial charge in [-0.3, -0.25) is 14.5 Å². The summed E-state index contributed by atoms with van der Waals surface area (Å²) in [4.78, 5) is 26.9. The quantitative estimate of drug-likeness (QED) is 0.761. The number of methoxy groups -OCH3 is 1. The van der Waals surface area contributed by atoms with E-state index < -0.39 is 11.8 Å². The maximum atomic E-state index is 12.9. The van der Waals surface area contributed by atoms with Gasteiger partial charge in [0.05, 0.1) is 23.7 Å². The fraction of sp³-hybridized carbons (Fsp3) is 0.158. The lowest BCUT2D eigenvalue weighted by Crippen LogP contribution is -2.35. The van der Waals surface area contributed by atoms with Crippen LogP contribution >= 0.6 is 23.2 Å². The molecule has 134 valence electrons. The van der Waals surface area contributed by atoms with Crippen LogP contribution < -0.4 is 5.32 Å². The minimum absolute atomic E-state index is 0.156. The van der Waals surface area contributed by atoms with Crippen molar-refractivity contribution in [2.45, 2.75) is 0 Å². The topological polar surface area (TPSA) is 58.6 Å². The molecule has 0 aliphatic carbocycles. The number of anilines is 1. The summed E-state index contributed by atoms with van der Waals surface area (Å²) in [5, 5.41) is 3.80. The smallest absolute Gasteiger partial charge is 0.278 e. The zero-order valence-corrected chi connectivity index (χ0v) is 15.5. The van der Waals surface area contributed by atoms with Crippen LogP contribution in [0, 0.1) is 0 Å². The average molecular weight is 391 g/mol. The van der Waals surface area contributed by atoms with Gasteiger partial charge in [-0.25, -0.2) is 0 Å². The van der Waals surface area contributed by atoms with Crippen LogP contribution in [-0.2, 0) is 14.3 Å². The fourth-order valence-electron chi connectivity index (χ4n) is 2.69. The number of para-hydroxylation sites is 1. The number of ether oxygens (including phenoxy) is 1. The monoisotopic (exact) mass is 390 g/mol. The van der Waals surface area contributed by atoms with Crippen molar-refractivity contribution in [1.82, 2.24) is 4.90 Å². The van der Waals surface area contributed by atoms with Crippen LogP contribution in [0.15, 0.2) is 54.2 Å². The van der Waals surface area contributed by atoms with Gasteiger partial charge in [-0.1, -0.05) is 47.5 Å². The highest BCUT2D eigenvalue weighted by Gasteiger charge is 2.39. The Morgan fingerprint density at radius 2 is 1.77 bits per heavy atom. The predicted octanol–water partition coefficient (Wildman–Crippen LogP) is 3.83. The highest BCUT2D eigenvalue weighted by atomic mass is 35.5. The number of imide groups is 1. The second-order valence-corrected chi connectivity index (χ2v) is 6.46. The molecule has 26 heavy (non-hydrogen) atoms. The maximum Gasteiger partial charge on any atom is 0.278 e. The summed E-state index contributed by atoms with van der Waals surface area (Å²) in [7, 11) is 1.51. The molecule has 3 rings (SSSR count). The Hall–Kier alpha value is -2.34. The molecule has 2 amide bonds. The van der Waals surface area contributed by atoms with Crippen LogP contribution in [0.2, 0.25) is 10.0 Å². The van der Waals surface area contributed by atoms with Crippen molar-refractivity contribution in [3.8, 4) is 0 Å². The lowest BCUT2D eigenvalue weighted by molar-refractivity contribution is -0.137. The third-order valence-corrected chi connectivity index (χ3v) is 4.48. The largest absolute Gasteiger partial charge is 0.383 e. The summed E-state index contributed by atoms with van der Waals surface area (Å²) in [6.07, 6.45) is 0. The predicted molar refractivity (Wildman–Crippen MR) is 102 cm³/mol. The van der Waals surface area contributed by atoms with Gasteiger partial charge >= 0.3 is 0 Å². The Morgan fingerprint density at radius 1 is 1.04 bits per heavy atom. The minimum atomic E-state index is -0.422. The summed E-state index contributed by atoms with van der Waals surface area (Å²) >= 11 is 12.2. The minimum Gasteiger partial charge on any atom is -0.383 e. The van der Waals surface area contributed by atoms with E-state index in [1.165, 1.54) is 7.11 Å². The van der Waals surface area contributed by atoms with Crippen molar-refractivity contribution in [2.24, 2.45) is 0 Å². The fourth-order valence-corrected chi connectivity index (χ4v) is 3.19. The van der Waals surface area contributed by atoms with E-state index in [0.29, 0.717) is 21.3 Å². The molecule has 1 heterocycles. The molecule has 0 spiro atoms. The van der Waals surface area contributed by atoms with Crippen LogP contribution in [0.3, 0.4) is 0 Å². The number of rotatable bonds is 6. The van der Waals surface area contributed by atoms with Crippen LogP contribution in [0.1, 0.15) is 5.56 Å². The molecule has 0 unspecified atom stereocenters. The van der Waals surface area contributed by atoms with Gasteiger partial charge < -0.3 is 10.1 Å². The summed E-state index contributed by atoms with van der Waals surface area (Å²) < 4.78 is 5.01. The summed E-state index contributed by atoms with van der Waals surface area (Å²) in [5.41, 5.74) is 1.55. The number of nitrogens with one attached hydrogen (secondary N) is 1. The van der Waals surface area contributed by atoms with E-state index in [1.807, 2.05) is 30.3 Å². The van der Waals surface area contributed by atoms with Crippen molar-refractivity contribution in [3.05, 3.63) is 69.8 Å². The number of halogens is 2. The number of carbonyl (C=O) groups excluding carboxylic acids is 2. The molecule has 0 bridgehead atoms. The van der Waals surface area contributed by atoms with E-state index in [4.69, 9.17) is 27.9 Å². The third kappa shape index (κ3) is 3.60. The highest BCUT2D eigenvalue weighted by molar-refractivity contribution is 6.41. The first-order chi connectivity index (χ1) is 12.5. The second kappa shape index (κ2) is 7.91. The zero-order valence-electron chi connectivity index (χ0n) is 14.0. The van der Waals surface area contributed by atoms with E-state index in [-0.39, 0.29) is 24.4 Å². The third-order valence-electron chi connectivity index (χ3n) is 3.93. The lowest BCUT2D eigenvalue weighted by atomic mass is 10.0. The highest BCUT2D eigenvalue weighted by Crippen LogP contribution is 2.35. The van der Waals surface area contributed by atoms with Gasteiger partial charge in [-0.15, -0.1) is 0 Å². The molecule has 2 aromatic rings. The molecule has 0 saturated heterocycles. The van der Waals surface area contributed by atoms with Gasteiger partial charge in [0.2, 0.25) is 0 Å². The molecule has 0 atom stereocenters. The zero-order chi connectivity index (χ0) is 18.7. The van der Waals surface area contributed by atoms with Crippen LogP contribution in [0.5, 0.6) is 0 Å². The number of nitrogens with zero attached hydrogens (tertiary/aromatic N) is 1. The van der Waals surface area contributed by atoms with Gasteiger partial charge in [-0.2, -0.15) is 0 Å². The first-order valence-electron chi connectivity index (χ1n) is 7.90. The molecular formula is C19H16Cl2N2O3. The van der Waals surface area contributed by atoms with Crippen LogP contribution in [0.4, 0.5) is 5.69 Å². The maximum absolute atomic E-state index is 12.9. The van der Waals surface area contributed by atoms with E-state index in [9.17, 15) is 9.59 Å². The van der Waals surface area contributed by atoms with Crippen molar-refractivity contribution >= 4 is 46.3 Å². The molecule has 2 aromatic carbocycles. The van der Waals surface area contributed by atoms with Gasteiger partial charge in [0.1, 0.15) is 5.70 Å². The van der Waals surface area contributed by atoms with Gasteiger partial charge in [0.25, 0.3) is 11.8 Å². The first-order valence-corrected chi connectivity index (χ1v) is 8.65. The van der Waals surface area contributed by atoms with Crippen molar-refractivity contribution in [1.29, 1.82) is 0 Å². The SMILES string of the molecule is COCCN1C(=O)C(Nc2ccccc2)=C(c2ccc(Cl)cc2Cl)C1=O. The van der Waals surface area contributed by atoms with Gasteiger partial charge in [0.15, 0.2) is 0 Å². The summed E-state index contributed by atoms with van der Waals surface area (Å²) in [5.74, 6) is -0.841. The number of carbonyl (C=O) groups is 2. The molecule has 0 aromatic heterocycles.